The summed E-state index contributed by atoms with van der Waals surface area (Å²) in [6, 6.07) is 8.58. The SMILES string of the molecule is C[C@H](Cc1ccccn1)n1cnc2cccc(C(F)(F)F)c2c1=O. The highest BCUT2D eigenvalue weighted by Crippen LogP contribution is 2.32. The third-order valence-electron chi connectivity index (χ3n) is 3.82. The number of hydrogen-bond donors (Lipinski definition) is 0. The van der Waals surface area contributed by atoms with Gasteiger partial charge < -0.3 is 0 Å². The molecule has 0 spiro atoms. The van der Waals surface area contributed by atoms with Crippen LogP contribution in [0.2, 0.25) is 0 Å². The molecule has 3 aromatic rings. The summed E-state index contributed by atoms with van der Waals surface area (Å²) in [4.78, 5) is 20.8. The Kier molecular flexibility index (Phi) is 4.09. The van der Waals surface area contributed by atoms with E-state index in [0.717, 1.165) is 11.8 Å². The Morgan fingerprint density at radius 3 is 2.58 bits per heavy atom. The molecular formula is C17H14F3N3O. The largest absolute Gasteiger partial charge is 0.417 e. The van der Waals surface area contributed by atoms with Gasteiger partial charge >= 0.3 is 6.18 Å². The molecule has 2 aromatic heterocycles. The minimum atomic E-state index is -4.61. The second kappa shape index (κ2) is 6.07. The molecule has 4 nitrogen and oxygen atoms in total. The molecule has 0 bridgehead atoms. The molecule has 1 atom stereocenters. The van der Waals surface area contributed by atoms with Gasteiger partial charge in [0.05, 0.1) is 22.8 Å². The van der Waals surface area contributed by atoms with Crippen LogP contribution in [0.5, 0.6) is 0 Å². The van der Waals surface area contributed by atoms with Gasteiger partial charge in [0.25, 0.3) is 5.56 Å². The Bertz CT molecular complexity index is 920. The average molecular weight is 333 g/mol. The average Bonchev–Trinajstić information content (AvgIpc) is 2.54. The number of halogens is 3. The smallest absolute Gasteiger partial charge is 0.295 e. The van der Waals surface area contributed by atoms with Crippen LogP contribution in [0.3, 0.4) is 0 Å². The van der Waals surface area contributed by atoms with E-state index in [0.29, 0.717) is 6.42 Å². The Morgan fingerprint density at radius 2 is 1.92 bits per heavy atom. The fourth-order valence-electron chi connectivity index (χ4n) is 2.65. The van der Waals surface area contributed by atoms with Crippen molar-refractivity contribution in [2.45, 2.75) is 25.6 Å². The van der Waals surface area contributed by atoms with E-state index in [1.54, 1.807) is 25.3 Å². The molecule has 0 aliphatic rings. The van der Waals surface area contributed by atoms with Crippen molar-refractivity contribution in [2.24, 2.45) is 0 Å². The number of rotatable bonds is 3. The molecule has 24 heavy (non-hydrogen) atoms. The van der Waals surface area contributed by atoms with Crippen LogP contribution < -0.4 is 5.56 Å². The molecule has 124 valence electrons. The molecule has 0 amide bonds. The second-order valence-electron chi connectivity index (χ2n) is 5.53. The van der Waals surface area contributed by atoms with E-state index in [1.165, 1.54) is 23.0 Å². The van der Waals surface area contributed by atoms with Crippen molar-refractivity contribution >= 4 is 10.9 Å². The summed E-state index contributed by atoms with van der Waals surface area (Å²) in [6.45, 7) is 1.75. The molecular weight excluding hydrogens is 319 g/mol. The summed E-state index contributed by atoms with van der Waals surface area (Å²) in [6.07, 6.45) is -1.27. The van der Waals surface area contributed by atoms with Gasteiger partial charge in [-0.05, 0) is 31.2 Å². The monoisotopic (exact) mass is 333 g/mol. The first-order valence-corrected chi connectivity index (χ1v) is 7.35. The van der Waals surface area contributed by atoms with Crippen molar-refractivity contribution in [3.05, 3.63) is 70.5 Å². The zero-order valence-corrected chi connectivity index (χ0v) is 12.8. The van der Waals surface area contributed by atoms with Crippen LogP contribution in [-0.2, 0) is 12.6 Å². The molecule has 0 aliphatic heterocycles. The molecule has 0 unspecified atom stereocenters. The summed E-state index contributed by atoms with van der Waals surface area (Å²) in [5, 5.41) is -0.402. The molecule has 0 N–H and O–H groups in total. The van der Waals surface area contributed by atoms with Crippen LogP contribution in [-0.4, -0.2) is 14.5 Å². The van der Waals surface area contributed by atoms with E-state index >= 15 is 0 Å². The summed E-state index contributed by atoms with van der Waals surface area (Å²) in [5.74, 6) is 0. The van der Waals surface area contributed by atoms with Crippen LogP contribution in [0.15, 0.2) is 53.7 Å². The topological polar surface area (TPSA) is 47.8 Å². The summed E-state index contributed by atoms with van der Waals surface area (Å²) in [5.41, 5.74) is -0.870. The van der Waals surface area contributed by atoms with E-state index in [2.05, 4.69) is 9.97 Å². The van der Waals surface area contributed by atoms with E-state index < -0.39 is 22.7 Å². The Morgan fingerprint density at radius 1 is 1.12 bits per heavy atom. The first kappa shape index (κ1) is 16.2. The van der Waals surface area contributed by atoms with Crippen molar-refractivity contribution in [1.29, 1.82) is 0 Å². The number of fused-ring (bicyclic) bond motifs is 1. The lowest BCUT2D eigenvalue weighted by molar-refractivity contribution is -0.136. The minimum Gasteiger partial charge on any atom is -0.295 e. The van der Waals surface area contributed by atoms with Crippen molar-refractivity contribution in [2.75, 3.05) is 0 Å². The highest BCUT2D eigenvalue weighted by molar-refractivity contribution is 5.81. The van der Waals surface area contributed by atoms with Crippen molar-refractivity contribution in [3.63, 3.8) is 0 Å². The van der Waals surface area contributed by atoms with Crippen LogP contribution in [0, 0.1) is 0 Å². The van der Waals surface area contributed by atoms with E-state index in [1.807, 2.05) is 6.07 Å². The van der Waals surface area contributed by atoms with E-state index in [9.17, 15) is 18.0 Å². The third-order valence-corrected chi connectivity index (χ3v) is 3.82. The Balaban J connectivity index is 2.10. The lowest BCUT2D eigenvalue weighted by Gasteiger charge is -2.16. The molecule has 0 saturated heterocycles. The predicted octanol–water partition coefficient (Wildman–Crippen LogP) is 3.61. The third kappa shape index (κ3) is 3.02. The van der Waals surface area contributed by atoms with E-state index in [-0.39, 0.29) is 11.6 Å². The zero-order valence-electron chi connectivity index (χ0n) is 12.8. The predicted molar refractivity (Wildman–Crippen MR) is 83.7 cm³/mol. The minimum absolute atomic E-state index is 0.0381. The number of benzene rings is 1. The number of alkyl halides is 3. The van der Waals surface area contributed by atoms with Gasteiger partial charge in [-0.3, -0.25) is 14.3 Å². The molecule has 0 radical (unpaired) electrons. The highest BCUT2D eigenvalue weighted by atomic mass is 19.4. The summed E-state index contributed by atoms with van der Waals surface area (Å²) in [7, 11) is 0. The van der Waals surface area contributed by atoms with Gasteiger partial charge in [0.1, 0.15) is 0 Å². The lowest BCUT2D eigenvalue weighted by Crippen LogP contribution is -2.27. The lowest BCUT2D eigenvalue weighted by atomic mass is 10.1. The van der Waals surface area contributed by atoms with Crippen molar-refractivity contribution in [3.8, 4) is 0 Å². The fourth-order valence-corrected chi connectivity index (χ4v) is 2.65. The maximum atomic E-state index is 13.2. The normalized spacial score (nSPS) is 13.2. The summed E-state index contributed by atoms with van der Waals surface area (Å²) < 4.78 is 40.8. The van der Waals surface area contributed by atoms with Gasteiger partial charge in [0.2, 0.25) is 0 Å². The van der Waals surface area contributed by atoms with Crippen LogP contribution in [0.1, 0.15) is 24.2 Å². The molecule has 7 heteroatoms. The molecule has 1 aromatic carbocycles. The molecule has 3 rings (SSSR count). The number of pyridine rings is 1. The Labute approximate surface area is 135 Å². The first-order chi connectivity index (χ1) is 11.4. The van der Waals surface area contributed by atoms with Gasteiger partial charge in [-0.2, -0.15) is 13.2 Å². The first-order valence-electron chi connectivity index (χ1n) is 7.35. The maximum Gasteiger partial charge on any atom is 0.417 e. The highest BCUT2D eigenvalue weighted by Gasteiger charge is 2.34. The maximum absolute atomic E-state index is 13.2. The van der Waals surface area contributed by atoms with Gasteiger partial charge in [-0.1, -0.05) is 12.1 Å². The number of aromatic nitrogens is 3. The van der Waals surface area contributed by atoms with Crippen molar-refractivity contribution < 1.29 is 13.2 Å². The zero-order chi connectivity index (χ0) is 17.3. The van der Waals surface area contributed by atoms with Crippen molar-refractivity contribution in [1.82, 2.24) is 14.5 Å². The van der Waals surface area contributed by atoms with Gasteiger partial charge in [-0.25, -0.2) is 4.98 Å². The molecule has 0 fully saturated rings. The molecule has 0 aliphatic carbocycles. The van der Waals surface area contributed by atoms with Crippen LogP contribution >= 0.6 is 0 Å². The number of hydrogen-bond acceptors (Lipinski definition) is 3. The standard InChI is InChI=1S/C17H14F3N3O/c1-11(9-12-5-2-3-8-21-12)23-10-22-14-7-4-6-13(17(18,19)20)15(14)16(23)24/h2-8,10-11H,9H2,1H3/t11-/m1/s1. The van der Waals surface area contributed by atoms with Crippen LogP contribution in [0.25, 0.3) is 10.9 Å². The number of nitrogens with zero attached hydrogens (tertiary/aromatic N) is 3. The van der Waals surface area contributed by atoms with Gasteiger partial charge in [-0.15, -0.1) is 0 Å². The van der Waals surface area contributed by atoms with E-state index in [4.69, 9.17) is 0 Å². The summed E-state index contributed by atoms with van der Waals surface area (Å²) >= 11 is 0. The fraction of sp³-hybridized carbons (Fsp3) is 0.235. The van der Waals surface area contributed by atoms with Gasteiger partial charge in [0, 0.05) is 24.4 Å². The molecule has 0 saturated carbocycles. The Hall–Kier alpha value is -2.70. The van der Waals surface area contributed by atoms with Crippen LogP contribution in [0.4, 0.5) is 13.2 Å². The second-order valence-corrected chi connectivity index (χ2v) is 5.53. The van der Waals surface area contributed by atoms with Gasteiger partial charge in [0.15, 0.2) is 0 Å². The quantitative estimate of drug-likeness (QED) is 0.735. The molecule has 2 heterocycles.